The lowest BCUT2D eigenvalue weighted by Crippen LogP contribution is -2.57. The van der Waals surface area contributed by atoms with Gasteiger partial charge in [0.15, 0.2) is 0 Å². The van der Waals surface area contributed by atoms with E-state index in [0.29, 0.717) is 6.54 Å². The summed E-state index contributed by atoms with van der Waals surface area (Å²) in [6.45, 7) is 4.26. The number of aromatic amines is 1. The standard InChI is InChI=1S/C25H30FN7/c26-21-5-3-20(4-6-21)25(16-27,33-12-10-28-11-13-33)9-1-2-19-15-29-24-8-7-22(14-23(19)24)32-17-30-31-18-32/h3-8,14-15,17-18,28-29H,1-2,9-13,16,27H2. The Kier molecular flexibility index (Phi) is 6.22. The fourth-order valence-corrected chi connectivity index (χ4v) is 5.13. The number of benzene rings is 2. The van der Waals surface area contributed by atoms with E-state index in [1.165, 1.54) is 10.9 Å². The minimum Gasteiger partial charge on any atom is -0.361 e. The lowest BCUT2D eigenvalue weighted by atomic mass is 9.82. The number of aromatic nitrogens is 4. The van der Waals surface area contributed by atoms with Gasteiger partial charge in [0, 0.05) is 55.5 Å². The van der Waals surface area contributed by atoms with E-state index in [2.05, 4.69) is 49.8 Å². The highest BCUT2D eigenvalue weighted by molar-refractivity contribution is 5.85. The molecule has 0 spiro atoms. The molecule has 1 saturated heterocycles. The van der Waals surface area contributed by atoms with Crippen LogP contribution in [0.5, 0.6) is 0 Å². The van der Waals surface area contributed by atoms with Crippen molar-refractivity contribution in [3.63, 3.8) is 0 Å². The van der Waals surface area contributed by atoms with Crippen LogP contribution in [0, 0.1) is 5.82 Å². The first-order chi connectivity index (χ1) is 16.2. The van der Waals surface area contributed by atoms with Gasteiger partial charge in [0.1, 0.15) is 18.5 Å². The molecule has 172 valence electrons. The van der Waals surface area contributed by atoms with E-state index < -0.39 is 0 Å². The van der Waals surface area contributed by atoms with Crippen molar-refractivity contribution in [1.82, 2.24) is 30.0 Å². The first-order valence-electron chi connectivity index (χ1n) is 11.6. The number of hydrogen-bond acceptors (Lipinski definition) is 5. The number of nitrogens with two attached hydrogens (primary N) is 1. The van der Waals surface area contributed by atoms with Crippen molar-refractivity contribution in [3.05, 3.63) is 78.3 Å². The first kappa shape index (κ1) is 21.8. The SMILES string of the molecule is NCC(CCCc1c[nH]c2ccc(-n3cnnc3)cc12)(c1ccc(F)cc1)N1CCNCC1. The summed E-state index contributed by atoms with van der Waals surface area (Å²) in [5.41, 5.74) is 10.7. The van der Waals surface area contributed by atoms with Gasteiger partial charge < -0.3 is 16.0 Å². The predicted octanol–water partition coefficient (Wildman–Crippen LogP) is 2.97. The van der Waals surface area contributed by atoms with Gasteiger partial charge in [-0.1, -0.05) is 12.1 Å². The third-order valence-electron chi connectivity index (χ3n) is 6.95. The predicted molar refractivity (Wildman–Crippen MR) is 128 cm³/mol. The van der Waals surface area contributed by atoms with Gasteiger partial charge >= 0.3 is 0 Å². The molecular formula is C25H30FN7. The van der Waals surface area contributed by atoms with Crippen molar-refractivity contribution in [3.8, 4) is 5.69 Å². The van der Waals surface area contributed by atoms with Crippen LogP contribution in [0.15, 0.2) is 61.3 Å². The topological polar surface area (TPSA) is 87.8 Å². The Balaban J connectivity index is 1.39. The molecule has 4 aromatic rings. The summed E-state index contributed by atoms with van der Waals surface area (Å²) in [6, 6.07) is 13.2. The molecule has 2 aromatic carbocycles. The molecule has 3 heterocycles. The molecule has 7 nitrogen and oxygen atoms in total. The fourth-order valence-electron chi connectivity index (χ4n) is 5.13. The van der Waals surface area contributed by atoms with Crippen LogP contribution in [0.1, 0.15) is 24.0 Å². The third kappa shape index (κ3) is 4.29. The van der Waals surface area contributed by atoms with Crippen molar-refractivity contribution < 1.29 is 4.39 Å². The number of fused-ring (bicyclic) bond motifs is 1. The average Bonchev–Trinajstić information content (AvgIpc) is 3.54. The van der Waals surface area contributed by atoms with Gasteiger partial charge in [-0.15, -0.1) is 10.2 Å². The Morgan fingerprint density at radius 2 is 1.79 bits per heavy atom. The Morgan fingerprint density at radius 3 is 2.52 bits per heavy atom. The molecule has 8 heteroatoms. The van der Waals surface area contributed by atoms with Crippen molar-refractivity contribution >= 4 is 10.9 Å². The maximum absolute atomic E-state index is 13.7. The zero-order valence-electron chi connectivity index (χ0n) is 18.7. The number of H-pyrrole nitrogens is 1. The van der Waals surface area contributed by atoms with Gasteiger partial charge in [-0.25, -0.2) is 4.39 Å². The van der Waals surface area contributed by atoms with E-state index in [1.807, 2.05) is 16.7 Å². The lowest BCUT2D eigenvalue weighted by molar-refractivity contribution is 0.0671. The molecule has 1 aliphatic heterocycles. The summed E-state index contributed by atoms with van der Waals surface area (Å²) in [6.07, 6.45) is 8.34. The maximum atomic E-state index is 13.7. The summed E-state index contributed by atoms with van der Waals surface area (Å²) in [5, 5.41) is 12.5. The van der Waals surface area contributed by atoms with Gasteiger partial charge in [0.2, 0.25) is 0 Å². The smallest absolute Gasteiger partial charge is 0.123 e. The highest BCUT2D eigenvalue weighted by atomic mass is 19.1. The summed E-state index contributed by atoms with van der Waals surface area (Å²) in [4.78, 5) is 5.88. The molecular weight excluding hydrogens is 417 g/mol. The molecule has 2 aromatic heterocycles. The van der Waals surface area contributed by atoms with Crippen LogP contribution in [-0.2, 0) is 12.0 Å². The van der Waals surface area contributed by atoms with Crippen LogP contribution in [0.2, 0.25) is 0 Å². The highest BCUT2D eigenvalue weighted by Crippen LogP contribution is 2.34. The number of rotatable bonds is 8. The second-order valence-electron chi connectivity index (χ2n) is 8.75. The van der Waals surface area contributed by atoms with Crippen LogP contribution in [0.25, 0.3) is 16.6 Å². The molecule has 33 heavy (non-hydrogen) atoms. The van der Waals surface area contributed by atoms with Crippen molar-refractivity contribution in [2.45, 2.75) is 24.8 Å². The highest BCUT2D eigenvalue weighted by Gasteiger charge is 2.37. The summed E-state index contributed by atoms with van der Waals surface area (Å²) in [7, 11) is 0. The molecule has 1 atom stereocenters. The van der Waals surface area contributed by atoms with Crippen molar-refractivity contribution in [1.29, 1.82) is 0 Å². The molecule has 5 rings (SSSR count). The third-order valence-corrected chi connectivity index (χ3v) is 6.95. The Bertz CT molecular complexity index is 1180. The normalized spacial score (nSPS) is 16.8. The zero-order valence-corrected chi connectivity index (χ0v) is 18.7. The van der Waals surface area contributed by atoms with E-state index in [-0.39, 0.29) is 11.4 Å². The lowest BCUT2D eigenvalue weighted by Gasteiger charge is -2.46. The minimum atomic E-state index is -0.296. The molecule has 1 unspecified atom stereocenters. The van der Waals surface area contributed by atoms with Crippen LogP contribution < -0.4 is 11.1 Å². The number of aryl methyl sites for hydroxylation is 1. The average molecular weight is 448 g/mol. The maximum Gasteiger partial charge on any atom is 0.123 e. The quantitative estimate of drug-likeness (QED) is 0.387. The molecule has 0 aliphatic carbocycles. The van der Waals surface area contributed by atoms with E-state index in [9.17, 15) is 4.39 Å². The molecule has 1 fully saturated rings. The number of nitrogens with zero attached hydrogens (tertiary/aromatic N) is 4. The molecule has 0 amide bonds. The Labute approximate surface area is 192 Å². The number of piperazine rings is 1. The molecule has 0 radical (unpaired) electrons. The van der Waals surface area contributed by atoms with Crippen LogP contribution in [-0.4, -0.2) is 57.4 Å². The second kappa shape index (κ2) is 9.43. The number of nitrogens with one attached hydrogen (secondary N) is 2. The fraction of sp³-hybridized carbons (Fsp3) is 0.360. The van der Waals surface area contributed by atoms with Gasteiger partial charge in [-0.2, -0.15) is 0 Å². The number of halogens is 1. The van der Waals surface area contributed by atoms with E-state index in [0.717, 1.165) is 62.2 Å². The summed E-state index contributed by atoms with van der Waals surface area (Å²) in [5.74, 6) is -0.215. The van der Waals surface area contributed by atoms with Crippen LogP contribution >= 0.6 is 0 Å². The monoisotopic (exact) mass is 447 g/mol. The van der Waals surface area contributed by atoms with Crippen LogP contribution in [0.4, 0.5) is 4.39 Å². The number of hydrogen-bond donors (Lipinski definition) is 3. The van der Waals surface area contributed by atoms with E-state index in [1.54, 1.807) is 24.8 Å². The van der Waals surface area contributed by atoms with Gasteiger partial charge in [-0.05, 0) is 60.7 Å². The van der Waals surface area contributed by atoms with Gasteiger partial charge in [0.25, 0.3) is 0 Å². The molecule has 4 N–H and O–H groups in total. The summed E-state index contributed by atoms with van der Waals surface area (Å²) < 4.78 is 15.6. The van der Waals surface area contributed by atoms with E-state index >= 15 is 0 Å². The van der Waals surface area contributed by atoms with Crippen molar-refractivity contribution in [2.75, 3.05) is 32.7 Å². The van der Waals surface area contributed by atoms with E-state index in [4.69, 9.17) is 5.73 Å². The zero-order chi connectivity index (χ0) is 22.7. The van der Waals surface area contributed by atoms with Gasteiger partial charge in [-0.3, -0.25) is 9.47 Å². The van der Waals surface area contributed by atoms with Crippen LogP contribution in [0.3, 0.4) is 0 Å². The van der Waals surface area contributed by atoms with Gasteiger partial charge in [0.05, 0.1) is 5.54 Å². The Morgan fingerprint density at radius 1 is 1.03 bits per heavy atom. The molecule has 0 saturated carbocycles. The largest absolute Gasteiger partial charge is 0.361 e. The second-order valence-corrected chi connectivity index (χ2v) is 8.75. The Hall–Kier alpha value is -3.07. The molecule has 1 aliphatic rings. The molecule has 0 bridgehead atoms. The first-order valence-corrected chi connectivity index (χ1v) is 11.6. The van der Waals surface area contributed by atoms with Crippen molar-refractivity contribution in [2.24, 2.45) is 5.73 Å². The minimum absolute atomic E-state index is 0.215. The summed E-state index contributed by atoms with van der Waals surface area (Å²) >= 11 is 0.